The number of carbonyl (C=O) groups excluding carboxylic acids is 2. The Morgan fingerprint density at radius 3 is 2.38 bits per heavy atom. The van der Waals surface area contributed by atoms with Crippen LogP contribution in [0.3, 0.4) is 0 Å². The number of amides is 1. The largest absolute Gasteiger partial charge is 0.460 e. The second-order valence-corrected chi connectivity index (χ2v) is 11.1. The van der Waals surface area contributed by atoms with E-state index in [9.17, 15) is 9.59 Å². The van der Waals surface area contributed by atoms with Gasteiger partial charge in [-0.1, -0.05) is 67.2 Å². The van der Waals surface area contributed by atoms with E-state index in [2.05, 4.69) is 73.1 Å². The van der Waals surface area contributed by atoms with Crippen LogP contribution in [0.15, 0.2) is 89.9 Å². The molecule has 0 aromatic heterocycles. The van der Waals surface area contributed by atoms with Gasteiger partial charge in [0.1, 0.15) is 24.7 Å². The van der Waals surface area contributed by atoms with E-state index in [0.29, 0.717) is 17.9 Å². The summed E-state index contributed by atoms with van der Waals surface area (Å²) in [5, 5.41) is 7.03. The molecule has 0 radical (unpaired) electrons. The molecular weight excluding hydrogens is 530 g/mol. The number of aliphatic imine (C=N–C) groups is 1. The zero-order valence-electron chi connectivity index (χ0n) is 24.0. The minimum absolute atomic E-state index is 0.0308. The number of alkyl carbamates (subject to hydrolysis) is 1. The predicted molar refractivity (Wildman–Crippen MR) is 165 cm³/mol. The van der Waals surface area contributed by atoms with Gasteiger partial charge in [-0.05, 0) is 54.6 Å². The molecule has 1 unspecified atom stereocenters. The zero-order valence-corrected chi connectivity index (χ0v) is 24.0. The molecule has 214 valence electrons. The van der Waals surface area contributed by atoms with Gasteiger partial charge in [0, 0.05) is 16.6 Å². The van der Waals surface area contributed by atoms with Gasteiger partial charge in [-0.2, -0.15) is 0 Å². The summed E-state index contributed by atoms with van der Waals surface area (Å²) in [6.07, 6.45) is 1.31. The normalized spacial score (nSPS) is 17.9. The van der Waals surface area contributed by atoms with E-state index in [-0.39, 0.29) is 19.8 Å². The van der Waals surface area contributed by atoms with E-state index in [1.165, 1.54) is 0 Å². The molecule has 0 saturated heterocycles. The smallest absolute Gasteiger partial charge is 0.407 e. The van der Waals surface area contributed by atoms with Crippen molar-refractivity contribution in [1.82, 2.24) is 5.32 Å². The van der Waals surface area contributed by atoms with Gasteiger partial charge in [0.05, 0.1) is 24.7 Å². The highest BCUT2D eigenvalue weighted by atomic mass is 16.6. The number of esters is 1. The van der Waals surface area contributed by atoms with Gasteiger partial charge in [-0.25, -0.2) is 9.59 Å². The Labute approximate surface area is 244 Å². The number of rotatable bonds is 7. The van der Waals surface area contributed by atoms with Crippen LogP contribution in [0.25, 0.3) is 21.5 Å². The average molecular weight is 564 g/mol. The summed E-state index contributed by atoms with van der Waals surface area (Å²) < 4.78 is 17.6. The third-order valence-electron chi connectivity index (χ3n) is 8.12. The van der Waals surface area contributed by atoms with Crippen molar-refractivity contribution in [3.05, 3.63) is 90.5 Å². The zero-order chi connectivity index (χ0) is 29.5. The third-order valence-corrected chi connectivity index (χ3v) is 8.12. The number of hydrogen-bond acceptors (Lipinski definition) is 7. The number of nitrogens with zero attached hydrogens (tertiary/aromatic N) is 2. The van der Waals surface area contributed by atoms with Crippen LogP contribution in [0.5, 0.6) is 5.75 Å². The SMILES string of the molecule is C=C(C)C(=O)OCCNC(=O)OCCN1c2ccc3ccccc3c2C(C)(C)C12C=Nc1c(ccc3ccccc13)O2. The van der Waals surface area contributed by atoms with E-state index in [4.69, 9.17) is 19.2 Å². The summed E-state index contributed by atoms with van der Waals surface area (Å²) in [6.45, 7) is 10.1. The number of benzene rings is 4. The molecule has 2 aliphatic rings. The van der Waals surface area contributed by atoms with Crippen LogP contribution in [0.4, 0.5) is 16.2 Å². The van der Waals surface area contributed by atoms with Crippen LogP contribution in [0, 0.1) is 0 Å². The van der Waals surface area contributed by atoms with Crippen molar-refractivity contribution < 1.29 is 23.8 Å². The Morgan fingerprint density at radius 1 is 0.929 bits per heavy atom. The topological polar surface area (TPSA) is 89.5 Å². The summed E-state index contributed by atoms with van der Waals surface area (Å²) in [5.41, 5.74) is 1.78. The minimum atomic E-state index is -0.967. The maximum atomic E-state index is 12.4. The van der Waals surface area contributed by atoms with E-state index in [1.807, 2.05) is 36.5 Å². The number of ether oxygens (including phenoxy) is 3. The van der Waals surface area contributed by atoms with Crippen LogP contribution < -0.4 is 15.0 Å². The first kappa shape index (κ1) is 27.3. The van der Waals surface area contributed by atoms with Crippen LogP contribution >= 0.6 is 0 Å². The fraction of sp³-hybridized carbons (Fsp3) is 0.265. The summed E-state index contributed by atoms with van der Waals surface area (Å²) in [7, 11) is 0. The predicted octanol–water partition coefficient (Wildman–Crippen LogP) is 6.43. The fourth-order valence-corrected chi connectivity index (χ4v) is 6.03. The molecule has 8 heteroatoms. The van der Waals surface area contributed by atoms with Gasteiger partial charge >= 0.3 is 12.1 Å². The molecule has 8 nitrogen and oxygen atoms in total. The number of anilines is 1. The van der Waals surface area contributed by atoms with E-state index >= 15 is 0 Å². The summed E-state index contributed by atoms with van der Waals surface area (Å²) >= 11 is 0. The van der Waals surface area contributed by atoms with Crippen molar-refractivity contribution in [1.29, 1.82) is 0 Å². The lowest BCUT2D eigenvalue weighted by atomic mass is 9.75. The first-order chi connectivity index (χ1) is 20.2. The summed E-state index contributed by atoms with van der Waals surface area (Å²) in [6, 6.07) is 24.7. The fourth-order valence-electron chi connectivity index (χ4n) is 6.03. The number of nitrogens with one attached hydrogen (secondary N) is 1. The van der Waals surface area contributed by atoms with Gasteiger partial charge in [-0.3, -0.25) is 4.99 Å². The van der Waals surface area contributed by atoms with E-state index in [1.54, 1.807) is 6.92 Å². The monoisotopic (exact) mass is 563 g/mol. The van der Waals surface area contributed by atoms with Gasteiger partial charge in [0.15, 0.2) is 0 Å². The Morgan fingerprint density at radius 2 is 1.62 bits per heavy atom. The Kier molecular flexibility index (Phi) is 6.85. The standard InChI is InChI=1S/C34H33N3O5/c1-22(2)31(38)40-19-17-35-32(39)41-20-18-37-27-15-13-23-9-5-7-11-25(23)29(27)33(3,4)34(37)21-36-30-26-12-8-6-10-24(26)14-16-28(30)42-34/h5-16,21H,1,17-20H2,2-4H3,(H,35,39). The molecule has 0 fully saturated rings. The third kappa shape index (κ3) is 4.43. The van der Waals surface area contributed by atoms with Crippen LogP contribution in [-0.2, 0) is 19.7 Å². The highest BCUT2D eigenvalue weighted by Crippen LogP contribution is 2.56. The molecule has 6 rings (SSSR count). The number of carbonyl (C=O) groups is 2. The minimum Gasteiger partial charge on any atom is -0.460 e. The lowest BCUT2D eigenvalue weighted by molar-refractivity contribution is -0.138. The Hall–Kier alpha value is -4.85. The maximum Gasteiger partial charge on any atom is 0.407 e. The number of hydrogen-bond donors (Lipinski definition) is 1. The van der Waals surface area contributed by atoms with Crippen molar-refractivity contribution in [2.24, 2.45) is 4.99 Å². The molecule has 42 heavy (non-hydrogen) atoms. The van der Waals surface area contributed by atoms with Crippen LogP contribution in [0.1, 0.15) is 26.3 Å². The Balaban J connectivity index is 1.29. The second kappa shape index (κ2) is 10.5. The first-order valence-corrected chi connectivity index (χ1v) is 14.0. The number of fused-ring (bicyclic) bond motifs is 6. The quantitative estimate of drug-likeness (QED) is 0.158. The highest BCUT2D eigenvalue weighted by Gasteiger charge is 2.60. The lowest BCUT2D eigenvalue weighted by Crippen LogP contribution is -2.62. The maximum absolute atomic E-state index is 12.4. The molecular formula is C34H33N3O5. The average Bonchev–Trinajstić information content (AvgIpc) is 3.17. The van der Waals surface area contributed by atoms with E-state index in [0.717, 1.165) is 38.5 Å². The summed E-state index contributed by atoms with van der Waals surface area (Å²) in [5.74, 6) is 0.205. The Bertz CT molecular complexity index is 1760. The van der Waals surface area contributed by atoms with Crippen LogP contribution in [0.2, 0.25) is 0 Å². The van der Waals surface area contributed by atoms with Crippen molar-refractivity contribution in [3.8, 4) is 5.75 Å². The molecule has 1 atom stereocenters. The van der Waals surface area contributed by atoms with Gasteiger partial charge < -0.3 is 24.4 Å². The molecule has 0 bridgehead atoms. The first-order valence-electron chi connectivity index (χ1n) is 14.0. The molecule has 2 heterocycles. The van der Waals surface area contributed by atoms with Crippen molar-refractivity contribution >= 4 is 51.2 Å². The molecule has 0 saturated carbocycles. The highest BCUT2D eigenvalue weighted by molar-refractivity contribution is 6.02. The van der Waals surface area contributed by atoms with Crippen molar-refractivity contribution in [2.75, 3.05) is 31.2 Å². The molecule has 4 aromatic carbocycles. The lowest BCUT2D eigenvalue weighted by Gasteiger charge is -2.46. The molecule has 2 aliphatic heterocycles. The molecule has 0 aliphatic carbocycles. The van der Waals surface area contributed by atoms with Crippen molar-refractivity contribution in [3.63, 3.8) is 0 Å². The van der Waals surface area contributed by atoms with Crippen LogP contribution in [-0.4, -0.2) is 50.3 Å². The van der Waals surface area contributed by atoms with Gasteiger partial charge in [0.25, 0.3) is 0 Å². The van der Waals surface area contributed by atoms with E-state index < -0.39 is 23.2 Å². The van der Waals surface area contributed by atoms with Gasteiger partial charge in [-0.15, -0.1) is 0 Å². The van der Waals surface area contributed by atoms with Crippen molar-refractivity contribution in [2.45, 2.75) is 31.9 Å². The second-order valence-electron chi connectivity index (χ2n) is 11.1. The molecule has 1 spiro atoms. The molecule has 4 aromatic rings. The van der Waals surface area contributed by atoms with Gasteiger partial charge in [0.2, 0.25) is 5.72 Å². The molecule has 1 amide bonds. The molecule has 1 N–H and O–H groups in total. The summed E-state index contributed by atoms with van der Waals surface area (Å²) in [4.78, 5) is 31.1.